The highest BCUT2D eigenvalue weighted by Gasteiger charge is 2.12. The summed E-state index contributed by atoms with van der Waals surface area (Å²) in [4.78, 5) is 23.7. The van der Waals surface area contributed by atoms with Gasteiger partial charge in [-0.25, -0.2) is 9.59 Å². The normalized spacial score (nSPS) is 10.7. The van der Waals surface area contributed by atoms with Gasteiger partial charge in [-0.15, -0.1) is 0 Å². The molecule has 0 aliphatic rings. The van der Waals surface area contributed by atoms with Gasteiger partial charge in [-0.1, -0.05) is 29.8 Å². The van der Waals surface area contributed by atoms with E-state index in [1.54, 1.807) is 36.4 Å². The van der Waals surface area contributed by atoms with E-state index in [-0.39, 0.29) is 6.61 Å². The third-order valence-electron chi connectivity index (χ3n) is 3.48. The first-order valence-electron chi connectivity index (χ1n) is 6.99. The zero-order valence-corrected chi connectivity index (χ0v) is 13.1. The number of halogens is 1. The number of aryl methyl sites for hydroxylation is 1. The summed E-state index contributed by atoms with van der Waals surface area (Å²) in [5.41, 5.74) is 1.74. The van der Waals surface area contributed by atoms with Crippen LogP contribution in [-0.4, -0.2) is 5.97 Å². The van der Waals surface area contributed by atoms with Crippen LogP contribution in [0.5, 0.6) is 0 Å². The molecule has 0 N–H and O–H groups in total. The second kappa shape index (κ2) is 6.26. The molecule has 0 unspecified atom stereocenters. The van der Waals surface area contributed by atoms with Gasteiger partial charge in [0.2, 0.25) is 0 Å². The summed E-state index contributed by atoms with van der Waals surface area (Å²) in [7, 11) is 0. The first kappa shape index (κ1) is 15.3. The van der Waals surface area contributed by atoms with Gasteiger partial charge >= 0.3 is 11.6 Å². The summed E-state index contributed by atoms with van der Waals surface area (Å²) in [6, 6.07) is 13.4. The molecule has 1 aromatic heterocycles. The fraction of sp³-hybridized carbons (Fsp3) is 0.111. The Bertz CT molecular complexity index is 929. The lowest BCUT2D eigenvalue weighted by atomic mass is 10.1. The van der Waals surface area contributed by atoms with Crippen molar-refractivity contribution in [3.8, 4) is 0 Å². The molecule has 4 nitrogen and oxygen atoms in total. The largest absolute Gasteiger partial charge is 0.457 e. The average Bonchev–Trinajstić information content (AvgIpc) is 2.55. The maximum atomic E-state index is 12.0. The van der Waals surface area contributed by atoms with Crippen LogP contribution < -0.4 is 5.63 Å². The summed E-state index contributed by atoms with van der Waals surface area (Å²) < 4.78 is 10.5. The third-order valence-corrected chi connectivity index (χ3v) is 3.88. The molecule has 0 bridgehead atoms. The number of hydrogen-bond donors (Lipinski definition) is 0. The monoisotopic (exact) mass is 328 g/mol. The number of hydrogen-bond acceptors (Lipinski definition) is 4. The van der Waals surface area contributed by atoms with Gasteiger partial charge in [-0.05, 0) is 36.8 Å². The molecule has 0 saturated heterocycles. The Kier molecular flexibility index (Phi) is 4.17. The first-order chi connectivity index (χ1) is 11.0. The minimum atomic E-state index is -0.495. The Labute approximate surface area is 137 Å². The molecule has 116 valence electrons. The quantitative estimate of drug-likeness (QED) is 0.536. The molecule has 3 aromatic rings. The summed E-state index contributed by atoms with van der Waals surface area (Å²) in [6.07, 6.45) is 0. The predicted molar refractivity (Wildman–Crippen MR) is 87.8 cm³/mol. The third kappa shape index (κ3) is 3.27. The van der Waals surface area contributed by atoms with Crippen LogP contribution in [0.3, 0.4) is 0 Å². The minimum Gasteiger partial charge on any atom is -0.457 e. The van der Waals surface area contributed by atoms with E-state index in [2.05, 4.69) is 0 Å². The molecule has 0 saturated carbocycles. The topological polar surface area (TPSA) is 56.5 Å². The molecule has 1 heterocycles. The van der Waals surface area contributed by atoms with Crippen molar-refractivity contribution in [2.45, 2.75) is 13.5 Å². The van der Waals surface area contributed by atoms with Crippen molar-refractivity contribution in [1.29, 1.82) is 0 Å². The van der Waals surface area contributed by atoms with E-state index in [1.807, 2.05) is 13.0 Å². The van der Waals surface area contributed by atoms with E-state index in [4.69, 9.17) is 20.8 Å². The Morgan fingerprint density at radius 1 is 1.17 bits per heavy atom. The van der Waals surface area contributed by atoms with Crippen LogP contribution in [0.15, 0.2) is 57.7 Å². The molecule has 3 rings (SSSR count). The van der Waals surface area contributed by atoms with Gasteiger partial charge in [-0.3, -0.25) is 0 Å². The van der Waals surface area contributed by atoms with Gasteiger partial charge in [-0.2, -0.15) is 0 Å². The second-order valence-corrected chi connectivity index (χ2v) is 5.54. The number of ether oxygens (including phenoxy) is 1. The van der Waals surface area contributed by atoms with Gasteiger partial charge in [0.25, 0.3) is 0 Å². The molecule has 2 aromatic carbocycles. The molecule has 0 amide bonds. The molecule has 0 atom stereocenters. The van der Waals surface area contributed by atoms with Crippen LogP contribution >= 0.6 is 11.6 Å². The molecule has 0 aliphatic heterocycles. The van der Waals surface area contributed by atoms with Crippen molar-refractivity contribution in [2.24, 2.45) is 0 Å². The Morgan fingerprint density at radius 3 is 2.65 bits per heavy atom. The number of fused-ring (bicyclic) bond motifs is 1. The van der Waals surface area contributed by atoms with Crippen LogP contribution in [0.4, 0.5) is 0 Å². The van der Waals surface area contributed by atoms with Crippen molar-refractivity contribution in [2.75, 3.05) is 0 Å². The first-order valence-corrected chi connectivity index (χ1v) is 7.37. The van der Waals surface area contributed by atoms with Gasteiger partial charge in [0.15, 0.2) is 0 Å². The Hall–Kier alpha value is -2.59. The van der Waals surface area contributed by atoms with Gasteiger partial charge in [0.1, 0.15) is 12.2 Å². The smallest absolute Gasteiger partial charge is 0.338 e. The number of esters is 1. The molecule has 23 heavy (non-hydrogen) atoms. The van der Waals surface area contributed by atoms with E-state index >= 15 is 0 Å². The Balaban J connectivity index is 1.92. The zero-order valence-electron chi connectivity index (χ0n) is 12.3. The maximum Gasteiger partial charge on any atom is 0.338 e. The van der Waals surface area contributed by atoms with Gasteiger partial charge in [0, 0.05) is 22.0 Å². The van der Waals surface area contributed by atoms with E-state index in [9.17, 15) is 9.59 Å². The Morgan fingerprint density at radius 2 is 1.91 bits per heavy atom. The van der Waals surface area contributed by atoms with Crippen LogP contribution in [-0.2, 0) is 11.3 Å². The summed E-state index contributed by atoms with van der Waals surface area (Å²) in [5, 5.41) is 1.21. The van der Waals surface area contributed by atoms with Crippen molar-refractivity contribution < 1.29 is 13.9 Å². The molecule has 0 fully saturated rings. The van der Waals surface area contributed by atoms with Gasteiger partial charge in [0.05, 0.1) is 5.56 Å². The lowest BCUT2D eigenvalue weighted by molar-refractivity contribution is 0.0474. The molecule has 5 heteroatoms. The second-order valence-electron chi connectivity index (χ2n) is 5.13. The van der Waals surface area contributed by atoms with Crippen LogP contribution in [0.2, 0.25) is 5.02 Å². The summed E-state index contributed by atoms with van der Waals surface area (Å²) >= 11 is 6.13. The molecular weight excluding hydrogens is 316 g/mol. The fourth-order valence-corrected chi connectivity index (χ4v) is 2.43. The summed E-state index contributed by atoms with van der Waals surface area (Å²) in [6.45, 7) is 1.79. The zero-order chi connectivity index (χ0) is 16.4. The maximum absolute atomic E-state index is 12.0. The fourth-order valence-electron chi connectivity index (χ4n) is 2.27. The average molecular weight is 329 g/mol. The van der Waals surface area contributed by atoms with Crippen molar-refractivity contribution >= 4 is 28.5 Å². The standard InChI is InChI=1S/C18H13ClO4/c1-11-7-16-14(9-15(11)19)13(8-17(20)23-16)10-22-18(21)12-5-3-2-4-6-12/h2-9H,10H2,1H3. The number of carbonyl (C=O) groups excluding carboxylic acids is 1. The van der Waals surface area contributed by atoms with Crippen LogP contribution in [0.25, 0.3) is 11.0 Å². The molecule has 0 radical (unpaired) electrons. The number of carbonyl (C=O) groups is 1. The summed E-state index contributed by atoms with van der Waals surface area (Å²) in [5.74, 6) is -0.454. The highest BCUT2D eigenvalue weighted by atomic mass is 35.5. The van der Waals surface area contributed by atoms with E-state index < -0.39 is 11.6 Å². The van der Waals surface area contributed by atoms with Gasteiger partial charge < -0.3 is 9.15 Å². The van der Waals surface area contributed by atoms with Crippen molar-refractivity contribution in [3.05, 3.63) is 80.7 Å². The van der Waals surface area contributed by atoms with Crippen LogP contribution in [0.1, 0.15) is 21.5 Å². The highest BCUT2D eigenvalue weighted by molar-refractivity contribution is 6.32. The van der Waals surface area contributed by atoms with Crippen molar-refractivity contribution in [1.82, 2.24) is 0 Å². The SMILES string of the molecule is Cc1cc2oc(=O)cc(COC(=O)c3ccccc3)c2cc1Cl. The lowest BCUT2D eigenvalue weighted by Crippen LogP contribution is -2.08. The lowest BCUT2D eigenvalue weighted by Gasteiger charge is -2.08. The van der Waals surface area contributed by atoms with E-state index in [0.717, 1.165) is 5.56 Å². The van der Waals surface area contributed by atoms with E-state index in [1.165, 1.54) is 6.07 Å². The highest BCUT2D eigenvalue weighted by Crippen LogP contribution is 2.25. The number of benzene rings is 2. The molecular formula is C18H13ClO4. The van der Waals surface area contributed by atoms with E-state index in [0.29, 0.717) is 27.1 Å². The number of rotatable bonds is 3. The molecule has 0 spiro atoms. The molecule has 0 aliphatic carbocycles. The van der Waals surface area contributed by atoms with Crippen LogP contribution in [0, 0.1) is 6.92 Å². The predicted octanol–water partition coefficient (Wildman–Crippen LogP) is 4.11. The van der Waals surface area contributed by atoms with Crippen molar-refractivity contribution in [3.63, 3.8) is 0 Å². The minimum absolute atomic E-state index is 0.0325.